The molecule has 0 aliphatic carbocycles. The molecule has 2 aromatic rings. The first kappa shape index (κ1) is 21.5. The highest BCUT2D eigenvalue weighted by atomic mass is 32.1. The Bertz CT molecular complexity index is 933. The van der Waals surface area contributed by atoms with Gasteiger partial charge >= 0.3 is 6.09 Å². The van der Waals surface area contributed by atoms with Crippen LogP contribution in [0.25, 0.3) is 0 Å². The molecule has 3 N–H and O–H groups in total. The molecule has 1 aliphatic heterocycles. The van der Waals surface area contributed by atoms with Crippen molar-refractivity contribution in [2.24, 2.45) is 0 Å². The van der Waals surface area contributed by atoms with Gasteiger partial charge in [-0.05, 0) is 37.2 Å². The van der Waals surface area contributed by atoms with Crippen LogP contribution in [0.4, 0.5) is 10.5 Å². The Hall–Kier alpha value is -3.16. The van der Waals surface area contributed by atoms with Gasteiger partial charge in [-0.1, -0.05) is 24.1 Å². The molecule has 1 fully saturated rings. The molecule has 2 amide bonds. The molecule has 1 aliphatic rings. The standard InChI is InChI=1S/C20H21N5O3S2/c1-2-12-28-20(27)25-10-8-14(9-11-25)18-22-16(13-30-18)17(26)23-24-19(29)21-15-6-4-3-5-7-15/h1,3-7,13-14H,8-12H2,(H,23,26)(H2,21,24,29). The lowest BCUT2D eigenvalue weighted by molar-refractivity contribution is 0.0939. The number of thiocarbonyl (C=S) groups is 1. The van der Waals surface area contributed by atoms with Crippen molar-refractivity contribution in [3.8, 4) is 12.3 Å². The Morgan fingerprint density at radius 2 is 2.00 bits per heavy atom. The molecule has 1 saturated heterocycles. The first-order chi connectivity index (χ1) is 14.6. The van der Waals surface area contributed by atoms with E-state index in [1.165, 1.54) is 11.3 Å². The molecule has 8 nitrogen and oxygen atoms in total. The number of amides is 2. The predicted molar refractivity (Wildman–Crippen MR) is 119 cm³/mol. The minimum atomic E-state index is -0.392. The SMILES string of the molecule is C#CCOC(=O)N1CCC(c2nc(C(=O)NNC(=S)Nc3ccccc3)cs2)CC1. The average Bonchev–Trinajstić information content (AvgIpc) is 3.27. The molecule has 0 saturated carbocycles. The number of nitrogens with one attached hydrogen (secondary N) is 3. The number of anilines is 1. The first-order valence-electron chi connectivity index (χ1n) is 9.30. The number of carbonyl (C=O) groups is 2. The van der Waals surface area contributed by atoms with Gasteiger partial charge in [-0.3, -0.25) is 15.6 Å². The molecule has 2 heterocycles. The monoisotopic (exact) mass is 443 g/mol. The van der Waals surface area contributed by atoms with E-state index in [0.29, 0.717) is 18.8 Å². The summed E-state index contributed by atoms with van der Waals surface area (Å²) in [6.07, 6.45) is 6.22. The second-order valence-corrected chi connectivity index (χ2v) is 7.79. The van der Waals surface area contributed by atoms with Crippen LogP contribution in [0.2, 0.25) is 0 Å². The fourth-order valence-electron chi connectivity index (χ4n) is 2.94. The molecule has 3 rings (SSSR count). The second-order valence-electron chi connectivity index (χ2n) is 6.49. The molecule has 156 valence electrons. The Kier molecular flexibility index (Phi) is 7.59. The molecule has 1 aromatic carbocycles. The number of ether oxygens (including phenoxy) is 1. The van der Waals surface area contributed by atoms with Crippen LogP contribution in [-0.4, -0.2) is 46.7 Å². The number of hydrogen-bond donors (Lipinski definition) is 3. The second kappa shape index (κ2) is 10.6. The summed E-state index contributed by atoms with van der Waals surface area (Å²) in [5.41, 5.74) is 6.34. The van der Waals surface area contributed by atoms with Crippen molar-refractivity contribution >= 4 is 46.4 Å². The van der Waals surface area contributed by atoms with E-state index in [2.05, 4.69) is 27.1 Å². The fourth-order valence-corrected chi connectivity index (χ4v) is 4.08. The lowest BCUT2D eigenvalue weighted by Gasteiger charge is -2.30. The highest BCUT2D eigenvalue weighted by Gasteiger charge is 2.27. The van der Waals surface area contributed by atoms with Crippen LogP contribution in [-0.2, 0) is 4.74 Å². The third-order valence-corrected chi connectivity index (χ3v) is 5.67. The Morgan fingerprint density at radius 3 is 2.70 bits per heavy atom. The third kappa shape index (κ3) is 5.92. The lowest BCUT2D eigenvalue weighted by Crippen LogP contribution is -2.43. The van der Waals surface area contributed by atoms with E-state index < -0.39 is 6.09 Å². The zero-order valence-electron chi connectivity index (χ0n) is 16.1. The number of aromatic nitrogens is 1. The molecule has 0 radical (unpaired) electrons. The Morgan fingerprint density at radius 1 is 1.27 bits per heavy atom. The molecule has 30 heavy (non-hydrogen) atoms. The van der Waals surface area contributed by atoms with Crippen LogP contribution < -0.4 is 16.2 Å². The van der Waals surface area contributed by atoms with Gasteiger partial charge < -0.3 is 15.0 Å². The van der Waals surface area contributed by atoms with E-state index >= 15 is 0 Å². The van der Waals surface area contributed by atoms with Crippen molar-refractivity contribution in [3.05, 3.63) is 46.4 Å². The number of thiazole rings is 1. The van der Waals surface area contributed by atoms with Crippen molar-refractivity contribution in [2.45, 2.75) is 18.8 Å². The quantitative estimate of drug-likeness (QED) is 0.380. The largest absolute Gasteiger partial charge is 0.436 e. The summed E-state index contributed by atoms with van der Waals surface area (Å²) < 4.78 is 4.95. The predicted octanol–water partition coefficient (Wildman–Crippen LogP) is 2.72. The van der Waals surface area contributed by atoms with Crippen LogP contribution in [0, 0.1) is 12.3 Å². The number of carbonyl (C=O) groups excluding carboxylic acids is 2. The Balaban J connectivity index is 1.45. The molecular formula is C20H21N5O3S2. The zero-order valence-corrected chi connectivity index (χ0v) is 17.7. The number of nitrogens with zero attached hydrogens (tertiary/aromatic N) is 2. The normalized spacial score (nSPS) is 13.8. The maximum absolute atomic E-state index is 12.3. The van der Waals surface area contributed by atoms with Crippen LogP contribution in [0.5, 0.6) is 0 Å². The minimum absolute atomic E-state index is 0.0257. The molecule has 0 bridgehead atoms. The lowest BCUT2D eigenvalue weighted by atomic mass is 9.98. The van der Waals surface area contributed by atoms with Gasteiger partial charge in [0.05, 0.1) is 5.01 Å². The van der Waals surface area contributed by atoms with E-state index in [4.69, 9.17) is 23.4 Å². The van der Waals surface area contributed by atoms with Crippen LogP contribution in [0.15, 0.2) is 35.7 Å². The summed E-state index contributed by atoms with van der Waals surface area (Å²) in [6, 6.07) is 9.39. The van der Waals surface area contributed by atoms with Crippen molar-refractivity contribution in [3.63, 3.8) is 0 Å². The van der Waals surface area contributed by atoms with Crippen LogP contribution in [0.1, 0.15) is 34.3 Å². The zero-order chi connectivity index (χ0) is 21.3. The van der Waals surface area contributed by atoms with Gasteiger partial charge in [-0.25, -0.2) is 9.78 Å². The number of likely N-dealkylation sites (tertiary alicyclic amines) is 1. The molecule has 0 unspecified atom stereocenters. The van der Waals surface area contributed by atoms with Gasteiger partial charge in [0.1, 0.15) is 5.69 Å². The summed E-state index contributed by atoms with van der Waals surface area (Å²) >= 11 is 6.60. The van der Waals surface area contributed by atoms with Crippen molar-refractivity contribution in [1.82, 2.24) is 20.7 Å². The van der Waals surface area contributed by atoms with E-state index in [-0.39, 0.29) is 23.5 Å². The maximum atomic E-state index is 12.3. The van der Waals surface area contributed by atoms with Gasteiger partial charge in [-0.2, -0.15) is 0 Å². The van der Waals surface area contributed by atoms with Crippen molar-refractivity contribution in [1.29, 1.82) is 0 Å². The summed E-state index contributed by atoms with van der Waals surface area (Å²) in [4.78, 5) is 30.3. The summed E-state index contributed by atoms with van der Waals surface area (Å²) in [7, 11) is 0. The van der Waals surface area contributed by atoms with Gasteiger partial charge in [0, 0.05) is 30.1 Å². The fraction of sp³-hybridized carbons (Fsp3) is 0.300. The minimum Gasteiger partial charge on any atom is -0.436 e. The number of hydrazine groups is 1. The van der Waals surface area contributed by atoms with E-state index in [0.717, 1.165) is 23.5 Å². The highest BCUT2D eigenvalue weighted by molar-refractivity contribution is 7.80. The van der Waals surface area contributed by atoms with Gasteiger partial charge in [0.2, 0.25) is 0 Å². The molecule has 10 heteroatoms. The number of piperidine rings is 1. The summed E-state index contributed by atoms with van der Waals surface area (Å²) in [6.45, 7) is 1.11. The van der Waals surface area contributed by atoms with Gasteiger partial charge in [-0.15, -0.1) is 17.8 Å². The number of rotatable bonds is 4. The van der Waals surface area contributed by atoms with E-state index in [1.807, 2.05) is 30.3 Å². The molecule has 1 aromatic heterocycles. The van der Waals surface area contributed by atoms with Crippen LogP contribution >= 0.6 is 23.6 Å². The van der Waals surface area contributed by atoms with Gasteiger partial charge in [0.25, 0.3) is 5.91 Å². The summed E-state index contributed by atoms with van der Waals surface area (Å²) in [5, 5.41) is 5.83. The Labute approximate surface area is 184 Å². The van der Waals surface area contributed by atoms with Crippen molar-refractivity contribution in [2.75, 3.05) is 25.0 Å². The van der Waals surface area contributed by atoms with Crippen molar-refractivity contribution < 1.29 is 14.3 Å². The maximum Gasteiger partial charge on any atom is 0.410 e. The molecular weight excluding hydrogens is 422 g/mol. The first-order valence-corrected chi connectivity index (χ1v) is 10.6. The van der Waals surface area contributed by atoms with Crippen LogP contribution in [0.3, 0.4) is 0 Å². The third-order valence-electron chi connectivity index (χ3n) is 4.46. The summed E-state index contributed by atoms with van der Waals surface area (Å²) in [5.74, 6) is 2.11. The number of benzene rings is 1. The van der Waals surface area contributed by atoms with E-state index in [9.17, 15) is 9.59 Å². The molecule has 0 atom stereocenters. The average molecular weight is 444 g/mol. The number of hydrogen-bond acceptors (Lipinski definition) is 6. The smallest absolute Gasteiger partial charge is 0.410 e. The number of terminal acetylenes is 1. The van der Waals surface area contributed by atoms with E-state index in [1.54, 1.807) is 10.3 Å². The van der Waals surface area contributed by atoms with Gasteiger partial charge in [0.15, 0.2) is 11.7 Å². The number of para-hydroxylation sites is 1. The topological polar surface area (TPSA) is 95.6 Å². The molecule has 0 spiro atoms. The highest BCUT2D eigenvalue weighted by Crippen LogP contribution is 2.30.